The SMILES string of the molecule is C=C(C)c1ccc(OC(C)(CCCC)OCCCCCC)cc1. The largest absolute Gasteiger partial charge is 0.463 e. The van der Waals surface area contributed by atoms with Crippen LogP contribution in [0.4, 0.5) is 0 Å². The van der Waals surface area contributed by atoms with E-state index in [1.165, 1.54) is 19.3 Å². The van der Waals surface area contributed by atoms with Gasteiger partial charge in [0.05, 0.1) is 6.61 Å². The van der Waals surface area contributed by atoms with E-state index in [2.05, 4.69) is 39.5 Å². The fourth-order valence-corrected chi connectivity index (χ4v) is 2.52. The summed E-state index contributed by atoms with van der Waals surface area (Å²) in [5, 5.41) is 0. The standard InChI is InChI=1S/C21H34O2/c1-6-8-10-11-17-22-21(5,16-9-7-2)23-20-14-12-19(13-15-20)18(3)4/h12-15H,3,6-11,16-17H2,1-2,4-5H3. The second kappa shape index (κ2) is 10.5. The summed E-state index contributed by atoms with van der Waals surface area (Å²) < 4.78 is 12.3. The summed E-state index contributed by atoms with van der Waals surface area (Å²) in [5.41, 5.74) is 2.21. The smallest absolute Gasteiger partial charge is 0.207 e. The number of hydrogen-bond donors (Lipinski definition) is 0. The van der Waals surface area contributed by atoms with Crippen LogP contribution in [0.25, 0.3) is 5.57 Å². The van der Waals surface area contributed by atoms with Crippen molar-refractivity contribution in [2.45, 2.75) is 78.4 Å². The molecule has 0 aliphatic heterocycles. The van der Waals surface area contributed by atoms with Crippen LogP contribution in [0, 0.1) is 0 Å². The maximum absolute atomic E-state index is 6.19. The zero-order chi connectivity index (χ0) is 17.1. The summed E-state index contributed by atoms with van der Waals surface area (Å²) >= 11 is 0. The van der Waals surface area contributed by atoms with E-state index in [9.17, 15) is 0 Å². The Hall–Kier alpha value is -1.28. The number of unbranched alkanes of at least 4 members (excludes halogenated alkanes) is 4. The number of rotatable bonds is 12. The average molecular weight is 319 g/mol. The van der Waals surface area contributed by atoms with Crippen molar-refractivity contribution >= 4 is 5.57 Å². The molecular formula is C21H34O2. The van der Waals surface area contributed by atoms with Crippen LogP contribution in [-0.2, 0) is 4.74 Å². The van der Waals surface area contributed by atoms with Gasteiger partial charge in [-0.3, -0.25) is 0 Å². The van der Waals surface area contributed by atoms with E-state index in [4.69, 9.17) is 9.47 Å². The molecule has 0 spiro atoms. The van der Waals surface area contributed by atoms with Crippen LogP contribution >= 0.6 is 0 Å². The first kappa shape index (κ1) is 19.8. The van der Waals surface area contributed by atoms with Crippen LogP contribution in [-0.4, -0.2) is 12.4 Å². The van der Waals surface area contributed by atoms with E-state index >= 15 is 0 Å². The molecular weight excluding hydrogens is 284 g/mol. The summed E-state index contributed by atoms with van der Waals surface area (Å²) in [5.74, 6) is 0.328. The van der Waals surface area contributed by atoms with Crippen molar-refractivity contribution < 1.29 is 9.47 Å². The first-order valence-corrected chi connectivity index (χ1v) is 9.09. The topological polar surface area (TPSA) is 18.5 Å². The molecule has 1 rings (SSSR count). The molecule has 0 aliphatic carbocycles. The lowest BCUT2D eigenvalue weighted by atomic mass is 10.1. The Morgan fingerprint density at radius 2 is 1.65 bits per heavy atom. The van der Waals surface area contributed by atoms with Gasteiger partial charge in [0, 0.05) is 13.3 Å². The van der Waals surface area contributed by atoms with E-state index in [-0.39, 0.29) is 0 Å². The number of hydrogen-bond acceptors (Lipinski definition) is 2. The highest BCUT2D eigenvalue weighted by Crippen LogP contribution is 2.26. The zero-order valence-corrected chi connectivity index (χ0v) is 15.5. The molecule has 0 bridgehead atoms. The summed E-state index contributed by atoms with van der Waals surface area (Å²) in [7, 11) is 0. The van der Waals surface area contributed by atoms with Gasteiger partial charge in [-0.1, -0.05) is 63.8 Å². The van der Waals surface area contributed by atoms with Gasteiger partial charge < -0.3 is 9.47 Å². The molecule has 0 aromatic heterocycles. The predicted molar refractivity (Wildman–Crippen MR) is 99.8 cm³/mol. The number of benzene rings is 1. The van der Waals surface area contributed by atoms with Gasteiger partial charge in [-0.25, -0.2) is 0 Å². The van der Waals surface area contributed by atoms with Crippen molar-refractivity contribution in [1.29, 1.82) is 0 Å². The highest BCUT2D eigenvalue weighted by molar-refractivity contribution is 5.61. The Kier molecular flexibility index (Phi) is 9.01. The Labute approximate surface area is 142 Å². The molecule has 0 heterocycles. The molecule has 1 atom stereocenters. The molecule has 1 aromatic carbocycles. The number of allylic oxidation sites excluding steroid dienone is 1. The molecule has 1 unspecified atom stereocenters. The van der Waals surface area contributed by atoms with Crippen molar-refractivity contribution in [3.05, 3.63) is 36.4 Å². The quantitative estimate of drug-likeness (QED) is 0.319. The highest BCUT2D eigenvalue weighted by Gasteiger charge is 2.26. The third kappa shape index (κ3) is 7.69. The van der Waals surface area contributed by atoms with Crippen molar-refractivity contribution in [2.24, 2.45) is 0 Å². The van der Waals surface area contributed by atoms with Gasteiger partial charge in [0.2, 0.25) is 5.79 Å². The van der Waals surface area contributed by atoms with Gasteiger partial charge in [0.25, 0.3) is 0 Å². The minimum atomic E-state index is -0.535. The molecule has 0 saturated carbocycles. The summed E-state index contributed by atoms with van der Waals surface area (Å²) in [6, 6.07) is 8.13. The molecule has 0 amide bonds. The van der Waals surface area contributed by atoms with Gasteiger partial charge >= 0.3 is 0 Å². The fraction of sp³-hybridized carbons (Fsp3) is 0.619. The van der Waals surface area contributed by atoms with Crippen LogP contribution in [0.1, 0.15) is 78.2 Å². The third-order valence-electron chi connectivity index (χ3n) is 4.07. The van der Waals surface area contributed by atoms with Crippen molar-refractivity contribution in [3.63, 3.8) is 0 Å². The van der Waals surface area contributed by atoms with Gasteiger partial charge in [-0.15, -0.1) is 0 Å². The molecule has 0 fully saturated rings. The van der Waals surface area contributed by atoms with Gasteiger partial charge in [-0.2, -0.15) is 0 Å². The number of ether oxygens (including phenoxy) is 2. The lowest BCUT2D eigenvalue weighted by Gasteiger charge is -2.31. The molecule has 2 nitrogen and oxygen atoms in total. The molecule has 23 heavy (non-hydrogen) atoms. The van der Waals surface area contributed by atoms with Gasteiger partial charge in [-0.05, 0) is 37.5 Å². The second-order valence-electron chi connectivity index (χ2n) is 6.55. The fourth-order valence-electron chi connectivity index (χ4n) is 2.52. The maximum Gasteiger partial charge on any atom is 0.207 e. The van der Waals surface area contributed by atoms with Gasteiger partial charge in [0.1, 0.15) is 5.75 Å². The highest BCUT2D eigenvalue weighted by atomic mass is 16.7. The summed E-state index contributed by atoms with van der Waals surface area (Å²) in [6.07, 6.45) is 8.03. The Morgan fingerprint density at radius 1 is 1.00 bits per heavy atom. The van der Waals surface area contributed by atoms with Crippen molar-refractivity contribution in [2.75, 3.05) is 6.61 Å². The Morgan fingerprint density at radius 3 is 2.22 bits per heavy atom. The monoisotopic (exact) mass is 318 g/mol. The molecule has 0 N–H and O–H groups in total. The molecule has 130 valence electrons. The average Bonchev–Trinajstić information content (AvgIpc) is 2.53. The second-order valence-corrected chi connectivity index (χ2v) is 6.55. The van der Waals surface area contributed by atoms with Crippen LogP contribution in [0.2, 0.25) is 0 Å². The minimum absolute atomic E-state index is 0.535. The Bertz CT molecular complexity index is 449. The first-order chi connectivity index (χ1) is 11.0. The van der Waals surface area contributed by atoms with Crippen LogP contribution in [0.3, 0.4) is 0 Å². The summed E-state index contributed by atoms with van der Waals surface area (Å²) in [4.78, 5) is 0. The Balaban J connectivity index is 2.62. The van der Waals surface area contributed by atoms with Crippen LogP contribution in [0.15, 0.2) is 30.8 Å². The van der Waals surface area contributed by atoms with Gasteiger partial charge in [0.15, 0.2) is 0 Å². The first-order valence-electron chi connectivity index (χ1n) is 9.09. The lowest BCUT2D eigenvalue weighted by Crippen LogP contribution is -2.36. The van der Waals surface area contributed by atoms with Crippen LogP contribution in [0.5, 0.6) is 5.75 Å². The molecule has 0 aliphatic rings. The van der Waals surface area contributed by atoms with E-state index < -0.39 is 5.79 Å². The normalized spacial score (nSPS) is 13.6. The van der Waals surface area contributed by atoms with E-state index in [1.54, 1.807) is 0 Å². The van der Waals surface area contributed by atoms with Crippen molar-refractivity contribution in [3.8, 4) is 5.75 Å². The van der Waals surface area contributed by atoms with E-state index in [0.717, 1.165) is 49.2 Å². The van der Waals surface area contributed by atoms with Crippen molar-refractivity contribution in [1.82, 2.24) is 0 Å². The van der Waals surface area contributed by atoms with E-state index in [1.807, 2.05) is 19.1 Å². The molecule has 0 radical (unpaired) electrons. The zero-order valence-electron chi connectivity index (χ0n) is 15.5. The van der Waals surface area contributed by atoms with E-state index in [0.29, 0.717) is 0 Å². The molecule has 1 aromatic rings. The maximum atomic E-state index is 6.19. The minimum Gasteiger partial charge on any atom is -0.463 e. The molecule has 2 heteroatoms. The molecule has 0 saturated heterocycles. The summed E-state index contributed by atoms with van der Waals surface area (Å²) in [6.45, 7) is 13.2. The predicted octanol–water partition coefficient (Wildman–Crippen LogP) is 6.60. The lowest BCUT2D eigenvalue weighted by molar-refractivity contribution is -0.175. The third-order valence-corrected chi connectivity index (χ3v) is 4.07. The van der Waals surface area contributed by atoms with Crippen LogP contribution < -0.4 is 4.74 Å².